The van der Waals surface area contributed by atoms with Crippen molar-refractivity contribution < 1.29 is 18.7 Å². The van der Waals surface area contributed by atoms with Gasteiger partial charge in [-0.2, -0.15) is 0 Å². The summed E-state index contributed by atoms with van der Waals surface area (Å²) in [7, 11) is 1.29. The first-order valence-corrected chi connectivity index (χ1v) is 7.66. The number of nitrogens with one attached hydrogen (secondary N) is 1. The average molecular weight is 322 g/mol. The lowest BCUT2D eigenvalue weighted by atomic mass is 10.3. The van der Waals surface area contributed by atoms with Crippen molar-refractivity contribution >= 4 is 23.2 Å². The molecule has 6 nitrogen and oxygen atoms in total. The molecule has 118 valence electrons. The molecular formula is C15H18N2O4S. The Labute approximate surface area is 132 Å². The molecule has 2 heterocycles. The van der Waals surface area contributed by atoms with Crippen molar-refractivity contribution in [1.29, 1.82) is 0 Å². The van der Waals surface area contributed by atoms with Gasteiger partial charge < -0.3 is 14.5 Å². The van der Waals surface area contributed by atoms with Gasteiger partial charge >= 0.3 is 5.97 Å². The molecule has 0 radical (unpaired) electrons. The Bertz CT molecular complexity index is 544. The summed E-state index contributed by atoms with van der Waals surface area (Å²) in [5.41, 5.74) is 0. The van der Waals surface area contributed by atoms with Crippen LogP contribution < -0.4 is 5.32 Å². The summed E-state index contributed by atoms with van der Waals surface area (Å²) in [6.07, 6.45) is 1.61. The average Bonchev–Trinajstić information content (AvgIpc) is 3.18. The van der Waals surface area contributed by atoms with Crippen molar-refractivity contribution in [2.24, 2.45) is 0 Å². The largest absolute Gasteiger partial charge is 0.468 e. The van der Waals surface area contributed by atoms with Crippen molar-refractivity contribution in [2.45, 2.75) is 13.1 Å². The fourth-order valence-corrected chi connectivity index (χ4v) is 2.66. The Morgan fingerprint density at radius 3 is 2.82 bits per heavy atom. The normalized spacial score (nSPS) is 10.6. The van der Waals surface area contributed by atoms with E-state index in [9.17, 15) is 9.59 Å². The van der Waals surface area contributed by atoms with Crippen molar-refractivity contribution in [1.82, 2.24) is 10.2 Å². The predicted molar refractivity (Wildman–Crippen MR) is 82.2 cm³/mol. The van der Waals surface area contributed by atoms with Gasteiger partial charge in [0.15, 0.2) is 0 Å². The molecule has 1 amide bonds. The zero-order valence-electron chi connectivity index (χ0n) is 12.3. The van der Waals surface area contributed by atoms with E-state index < -0.39 is 5.97 Å². The molecule has 7 heteroatoms. The molecule has 2 aromatic rings. The molecule has 22 heavy (non-hydrogen) atoms. The zero-order valence-corrected chi connectivity index (χ0v) is 13.1. The van der Waals surface area contributed by atoms with Crippen LogP contribution in [0.4, 0.5) is 0 Å². The number of nitrogens with zero attached hydrogens (tertiary/aromatic N) is 1. The number of furan rings is 1. The highest BCUT2D eigenvalue weighted by Gasteiger charge is 2.14. The number of carbonyl (C=O) groups excluding carboxylic acids is 2. The molecule has 0 bridgehead atoms. The second-order valence-electron chi connectivity index (χ2n) is 4.66. The smallest absolute Gasteiger partial charge is 0.325 e. The zero-order chi connectivity index (χ0) is 15.8. The van der Waals surface area contributed by atoms with E-state index in [1.165, 1.54) is 7.11 Å². The Kier molecular flexibility index (Phi) is 6.17. The molecule has 2 rings (SSSR count). The molecular weight excluding hydrogens is 304 g/mol. The molecule has 0 aliphatic carbocycles. The summed E-state index contributed by atoms with van der Waals surface area (Å²) >= 11 is 1.63. The van der Waals surface area contributed by atoms with E-state index in [0.717, 1.165) is 10.6 Å². The molecule has 0 aliphatic heterocycles. The maximum Gasteiger partial charge on any atom is 0.325 e. The van der Waals surface area contributed by atoms with Gasteiger partial charge in [-0.3, -0.25) is 14.5 Å². The first-order valence-electron chi connectivity index (χ1n) is 6.78. The fraction of sp³-hybridized carbons (Fsp3) is 0.333. The van der Waals surface area contributed by atoms with Crippen LogP contribution in [0, 0.1) is 0 Å². The molecule has 0 unspecified atom stereocenters. The quantitative estimate of drug-likeness (QED) is 0.748. The van der Waals surface area contributed by atoms with Crippen LogP contribution in [-0.4, -0.2) is 37.0 Å². The number of esters is 1. The standard InChI is InChI=1S/C15H18N2O4S/c1-20-15(19)8-16-14(18)11-17(9-12-4-2-6-21-12)10-13-5-3-7-22-13/h2-7H,8-11H2,1H3,(H,16,18). The van der Waals surface area contributed by atoms with Crippen LogP contribution >= 0.6 is 11.3 Å². The third-order valence-corrected chi connectivity index (χ3v) is 3.81. The van der Waals surface area contributed by atoms with E-state index in [2.05, 4.69) is 10.1 Å². The summed E-state index contributed by atoms with van der Waals surface area (Å²) in [4.78, 5) is 26.1. The van der Waals surface area contributed by atoms with Crippen LogP contribution in [0.25, 0.3) is 0 Å². The van der Waals surface area contributed by atoms with Gasteiger partial charge in [-0.25, -0.2) is 0 Å². The Morgan fingerprint density at radius 2 is 2.18 bits per heavy atom. The van der Waals surface area contributed by atoms with Crippen molar-refractivity contribution in [2.75, 3.05) is 20.2 Å². The molecule has 0 fully saturated rings. The highest BCUT2D eigenvalue weighted by molar-refractivity contribution is 7.09. The van der Waals surface area contributed by atoms with Crippen LogP contribution in [0.15, 0.2) is 40.3 Å². The number of thiophene rings is 1. The van der Waals surface area contributed by atoms with E-state index in [1.54, 1.807) is 17.6 Å². The van der Waals surface area contributed by atoms with Gasteiger partial charge in [0.2, 0.25) is 5.91 Å². The lowest BCUT2D eigenvalue weighted by Gasteiger charge is -2.19. The molecule has 0 spiro atoms. The molecule has 0 saturated carbocycles. The van der Waals surface area contributed by atoms with Crippen LogP contribution in [0.1, 0.15) is 10.6 Å². The monoisotopic (exact) mass is 322 g/mol. The highest BCUT2D eigenvalue weighted by Crippen LogP contribution is 2.14. The van der Waals surface area contributed by atoms with E-state index in [1.807, 2.05) is 34.5 Å². The highest BCUT2D eigenvalue weighted by atomic mass is 32.1. The van der Waals surface area contributed by atoms with Gasteiger partial charge in [0, 0.05) is 11.4 Å². The second-order valence-corrected chi connectivity index (χ2v) is 5.69. The summed E-state index contributed by atoms with van der Waals surface area (Å²) in [6, 6.07) is 7.68. The lowest BCUT2D eigenvalue weighted by Crippen LogP contribution is -2.38. The molecule has 0 atom stereocenters. The van der Waals surface area contributed by atoms with Gasteiger partial charge in [0.1, 0.15) is 12.3 Å². The van der Waals surface area contributed by atoms with Crippen LogP contribution in [0.5, 0.6) is 0 Å². The Hall–Kier alpha value is -2.12. The SMILES string of the molecule is COC(=O)CNC(=O)CN(Cc1ccco1)Cc1cccs1. The predicted octanol–water partition coefficient (Wildman–Crippen LogP) is 1.63. The molecule has 0 saturated heterocycles. The van der Waals surface area contributed by atoms with E-state index in [4.69, 9.17) is 4.42 Å². The van der Waals surface area contributed by atoms with Gasteiger partial charge in [0.25, 0.3) is 0 Å². The number of amides is 1. The maximum atomic E-state index is 11.9. The topological polar surface area (TPSA) is 71.8 Å². The molecule has 0 aliphatic rings. The molecule has 2 aromatic heterocycles. The number of ether oxygens (including phenoxy) is 1. The van der Waals surface area contributed by atoms with Gasteiger partial charge in [-0.15, -0.1) is 11.3 Å². The molecule has 0 aromatic carbocycles. The fourth-order valence-electron chi connectivity index (χ4n) is 1.92. The van der Waals surface area contributed by atoms with Crippen molar-refractivity contribution in [3.8, 4) is 0 Å². The third kappa shape index (κ3) is 5.34. The minimum absolute atomic E-state index is 0.122. The van der Waals surface area contributed by atoms with Crippen LogP contribution in [-0.2, 0) is 27.4 Å². The van der Waals surface area contributed by atoms with Gasteiger partial charge in [-0.1, -0.05) is 6.07 Å². The summed E-state index contributed by atoms with van der Waals surface area (Å²) in [5.74, 6) is 0.0926. The lowest BCUT2D eigenvalue weighted by molar-refractivity contribution is -0.141. The van der Waals surface area contributed by atoms with Crippen molar-refractivity contribution in [3.05, 3.63) is 46.5 Å². The number of rotatable bonds is 8. The summed E-state index contributed by atoms with van der Waals surface area (Å²) in [5, 5.41) is 4.54. The number of hydrogen-bond donors (Lipinski definition) is 1. The van der Waals surface area contributed by atoms with Gasteiger partial charge in [-0.05, 0) is 23.6 Å². The van der Waals surface area contributed by atoms with E-state index in [-0.39, 0.29) is 19.0 Å². The Morgan fingerprint density at radius 1 is 1.32 bits per heavy atom. The van der Waals surface area contributed by atoms with E-state index >= 15 is 0 Å². The number of methoxy groups -OCH3 is 1. The van der Waals surface area contributed by atoms with Crippen molar-refractivity contribution in [3.63, 3.8) is 0 Å². The summed E-state index contributed by atoms with van der Waals surface area (Å²) < 4.78 is 9.83. The third-order valence-electron chi connectivity index (χ3n) is 2.94. The Balaban J connectivity index is 1.91. The maximum absolute atomic E-state index is 11.9. The van der Waals surface area contributed by atoms with Crippen LogP contribution in [0.2, 0.25) is 0 Å². The first-order chi connectivity index (χ1) is 10.7. The number of hydrogen-bond acceptors (Lipinski definition) is 6. The minimum Gasteiger partial charge on any atom is -0.468 e. The number of carbonyl (C=O) groups is 2. The van der Waals surface area contributed by atoms with Gasteiger partial charge in [0.05, 0.1) is 26.5 Å². The minimum atomic E-state index is -0.468. The summed E-state index contributed by atoms with van der Waals surface area (Å²) in [6.45, 7) is 1.22. The molecule has 1 N–H and O–H groups in total. The van der Waals surface area contributed by atoms with Crippen LogP contribution in [0.3, 0.4) is 0 Å². The van der Waals surface area contributed by atoms with E-state index in [0.29, 0.717) is 13.1 Å². The second kappa shape index (κ2) is 8.35. The first kappa shape index (κ1) is 16.3.